The number of ketones is 1. The van der Waals surface area contributed by atoms with Gasteiger partial charge in [0.1, 0.15) is 5.75 Å². The van der Waals surface area contributed by atoms with Crippen LogP contribution in [0.3, 0.4) is 0 Å². The molecule has 0 saturated heterocycles. The second-order valence-electron chi connectivity index (χ2n) is 3.86. The first-order chi connectivity index (χ1) is 8.63. The van der Waals surface area contributed by atoms with E-state index in [0.29, 0.717) is 24.4 Å². The molecule has 0 spiro atoms. The van der Waals surface area contributed by atoms with E-state index in [0.717, 1.165) is 6.42 Å². The van der Waals surface area contributed by atoms with Gasteiger partial charge in [-0.1, -0.05) is 12.1 Å². The molecule has 1 aromatic carbocycles. The van der Waals surface area contributed by atoms with Gasteiger partial charge in [0, 0.05) is 12.1 Å². The molecule has 3 N–H and O–H groups in total. The van der Waals surface area contributed by atoms with Gasteiger partial charge in [-0.05, 0) is 32.0 Å². The minimum Gasteiger partial charge on any atom is -0.484 e. The molecule has 0 atom stereocenters. The SMILES string of the molecule is CC(=O)c1cccc(OCC(=O)NCCCN)c1.Cl. The highest BCUT2D eigenvalue weighted by atomic mass is 35.5. The fourth-order valence-corrected chi connectivity index (χ4v) is 1.33. The lowest BCUT2D eigenvalue weighted by Crippen LogP contribution is -2.30. The zero-order valence-corrected chi connectivity index (χ0v) is 11.7. The number of amides is 1. The van der Waals surface area contributed by atoms with Crippen LogP contribution in [0.4, 0.5) is 0 Å². The van der Waals surface area contributed by atoms with Gasteiger partial charge in [-0.25, -0.2) is 0 Å². The Bertz CT molecular complexity index is 424. The molecule has 0 aliphatic carbocycles. The second kappa shape index (κ2) is 9.35. The van der Waals surface area contributed by atoms with Crippen molar-refractivity contribution in [2.45, 2.75) is 13.3 Å². The summed E-state index contributed by atoms with van der Waals surface area (Å²) in [6.45, 7) is 2.51. The van der Waals surface area contributed by atoms with Crippen molar-refractivity contribution in [2.75, 3.05) is 19.7 Å². The predicted molar refractivity (Wildman–Crippen MR) is 75.9 cm³/mol. The minimum absolute atomic E-state index is 0. The van der Waals surface area contributed by atoms with Crippen LogP contribution in [-0.4, -0.2) is 31.4 Å². The van der Waals surface area contributed by atoms with E-state index in [1.165, 1.54) is 6.92 Å². The zero-order valence-electron chi connectivity index (χ0n) is 10.8. The third-order valence-corrected chi connectivity index (χ3v) is 2.31. The summed E-state index contributed by atoms with van der Waals surface area (Å²) in [5.41, 5.74) is 5.88. The Balaban J connectivity index is 0.00000324. The van der Waals surface area contributed by atoms with E-state index in [1.54, 1.807) is 24.3 Å². The van der Waals surface area contributed by atoms with E-state index >= 15 is 0 Å². The summed E-state index contributed by atoms with van der Waals surface area (Å²) in [4.78, 5) is 22.5. The van der Waals surface area contributed by atoms with Crippen molar-refractivity contribution >= 4 is 24.1 Å². The summed E-state index contributed by atoms with van der Waals surface area (Å²) in [7, 11) is 0. The number of Topliss-reactive ketones (excluding diaryl/α,β-unsaturated/α-hetero) is 1. The molecular weight excluding hydrogens is 268 g/mol. The number of benzene rings is 1. The van der Waals surface area contributed by atoms with Crippen molar-refractivity contribution < 1.29 is 14.3 Å². The number of hydrogen-bond donors (Lipinski definition) is 2. The van der Waals surface area contributed by atoms with Crippen LogP contribution >= 0.6 is 12.4 Å². The average Bonchev–Trinajstić information content (AvgIpc) is 2.37. The number of carbonyl (C=O) groups is 2. The molecule has 5 nitrogen and oxygen atoms in total. The van der Waals surface area contributed by atoms with Gasteiger partial charge < -0.3 is 15.8 Å². The van der Waals surface area contributed by atoms with Crippen LogP contribution < -0.4 is 15.8 Å². The maximum Gasteiger partial charge on any atom is 0.257 e. The molecule has 0 unspecified atom stereocenters. The Labute approximate surface area is 118 Å². The molecule has 1 aromatic rings. The highest BCUT2D eigenvalue weighted by Crippen LogP contribution is 2.13. The van der Waals surface area contributed by atoms with Crippen LogP contribution in [0.25, 0.3) is 0 Å². The topological polar surface area (TPSA) is 81.4 Å². The van der Waals surface area contributed by atoms with E-state index in [-0.39, 0.29) is 30.7 Å². The van der Waals surface area contributed by atoms with Crippen LogP contribution in [0.5, 0.6) is 5.75 Å². The van der Waals surface area contributed by atoms with Crippen molar-refractivity contribution in [3.63, 3.8) is 0 Å². The van der Waals surface area contributed by atoms with E-state index in [1.807, 2.05) is 0 Å². The maximum atomic E-state index is 11.4. The molecule has 0 aliphatic heterocycles. The lowest BCUT2D eigenvalue weighted by Gasteiger charge is -2.07. The maximum absolute atomic E-state index is 11.4. The molecule has 1 rings (SSSR count). The van der Waals surface area contributed by atoms with Crippen molar-refractivity contribution in [2.24, 2.45) is 5.73 Å². The molecule has 0 aromatic heterocycles. The quantitative estimate of drug-likeness (QED) is 0.582. The van der Waals surface area contributed by atoms with Gasteiger partial charge in [-0.2, -0.15) is 0 Å². The highest BCUT2D eigenvalue weighted by Gasteiger charge is 2.04. The number of nitrogens with two attached hydrogens (primary N) is 1. The lowest BCUT2D eigenvalue weighted by molar-refractivity contribution is -0.123. The van der Waals surface area contributed by atoms with Crippen molar-refractivity contribution in [1.29, 1.82) is 0 Å². The minimum atomic E-state index is -0.198. The Kier molecular flexibility index (Phi) is 8.57. The molecule has 0 aliphatic rings. The lowest BCUT2D eigenvalue weighted by atomic mass is 10.1. The Morgan fingerprint density at radius 3 is 2.74 bits per heavy atom. The van der Waals surface area contributed by atoms with Gasteiger partial charge in [0.15, 0.2) is 12.4 Å². The Morgan fingerprint density at radius 2 is 2.11 bits per heavy atom. The highest BCUT2D eigenvalue weighted by molar-refractivity contribution is 5.94. The number of ether oxygens (including phenoxy) is 1. The molecule has 0 fully saturated rings. The summed E-state index contributed by atoms with van der Waals surface area (Å²) in [6, 6.07) is 6.75. The largest absolute Gasteiger partial charge is 0.484 e. The summed E-state index contributed by atoms with van der Waals surface area (Å²) in [6.07, 6.45) is 0.742. The van der Waals surface area contributed by atoms with Crippen LogP contribution in [0.2, 0.25) is 0 Å². The van der Waals surface area contributed by atoms with E-state index in [2.05, 4.69) is 5.32 Å². The van der Waals surface area contributed by atoms with E-state index in [9.17, 15) is 9.59 Å². The van der Waals surface area contributed by atoms with Crippen molar-refractivity contribution in [1.82, 2.24) is 5.32 Å². The van der Waals surface area contributed by atoms with Crippen LogP contribution in [0.1, 0.15) is 23.7 Å². The Hall–Kier alpha value is -1.59. The predicted octanol–water partition coefficient (Wildman–Crippen LogP) is 1.15. The number of rotatable bonds is 7. The number of halogens is 1. The molecule has 0 bridgehead atoms. The average molecular weight is 287 g/mol. The van der Waals surface area contributed by atoms with Gasteiger partial charge in [0.25, 0.3) is 5.91 Å². The van der Waals surface area contributed by atoms with Gasteiger partial charge >= 0.3 is 0 Å². The summed E-state index contributed by atoms with van der Waals surface area (Å²) in [5, 5.41) is 2.68. The molecule has 106 valence electrons. The normalized spacial score (nSPS) is 9.37. The van der Waals surface area contributed by atoms with Gasteiger partial charge in [0.2, 0.25) is 0 Å². The van der Waals surface area contributed by atoms with Crippen molar-refractivity contribution in [3.8, 4) is 5.75 Å². The number of nitrogens with one attached hydrogen (secondary N) is 1. The molecule has 19 heavy (non-hydrogen) atoms. The summed E-state index contributed by atoms with van der Waals surface area (Å²) >= 11 is 0. The third-order valence-electron chi connectivity index (χ3n) is 2.31. The summed E-state index contributed by atoms with van der Waals surface area (Å²) in [5.74, 6) is 0.279. The first-order valence-electron chi connectivity index (χ1n) is 5.84. The Morgan fingerprint density at radius 1 is 1.37 bits per heavy atom. The fraction of sp³-hybridized carbons (Fsp3) is 0.385. The second-order valence-corrected chi connectivity index (χ2v) is 3.86. The monoisotopic (exact) mass is 286 g/mol. The van der Waals surface area contributed by atoms with Gasteiger partial charge in [-0.3, -0.25) is 9.59 Å². The first-order valence-corrected chi connectivity index (χ1v) is 5.84. The first kappa shape index (κ1) is 17.4. The standard InChI is InChI=1S/C13H18N2O3.ClH/c1-10(16)11-4-2-5-12(8-11)18-9-13(17)15-7-3-6-14;/h2,4-5,8H,3,6-7,9,14H2,1H3,(H,15,17);1H. The van der Waals surface area contributed by atoms with Crippen molar-refractivity contribution in [3.05, 3.63) is 29.8 Å². The smallest absolute Gasteiger partial charge is 0.257 e. The molecule has 0 radical (unpaired) electrons. The van der Waals surface area contributed by atoms with Gasteiger partial charge in [-0.15, -0.1) is 12.4 Å². The number of carbonyl (C=O) groups excluding carboxylic acids is 2. The van der Waals surface area contributed by atoms with Crippen LogP contribution in [-0.2, 0) is 4.79 Å². The number of hydrogen-bond acceptors (Lipinski definition) is 4. The van der Waals surface area contributed by atoms with Gasteiger partial charge in [0.05, 0.1) is 0 Å². The van der Waals surface area contributed by atoms with Crippen LogP contribution in [0, 0.1) is 0 Å². The zero-order chi connectivity index (χ0) is 13.4. The summed E-state index contributed by atoms with van der Waals surface area (Å²) < 4.78 is 5.29. The van der Waals surface area contributed by atoms with E-state index in [4.69, 9.17) is 10.5 Å². The van der Waals surface area contributed by atoms with E-state index < -0.39 is 0 Å². The molecule has 6 heteroatoms. The molecule has 0 heterocycles. The fourth-order valence-electron chi connectivity index (χ4n) is 1.33. The third kappa shape index (κ3) is 6.79. The molecule has 0 saturated carbocycles. The molecular formula is C13H19ClN2O3. The van der Waals surface area contributed by atoms with Crippen LogP contribution in [0.15, 0.2) is 24.3 Å². The molecule has 1 amide bonds.